The van der Waals surface area contributed by atoms with Crippen molar-refractivity contribution in [2.24, 2.45) is 0 Å². The van der Waals surface area contributed by atoms with Gasteiger partial charge in [0.25, 0.3) is 5.91 Å². The van der Waals surface area contributed by atoms with E-state index in [-0.39, 0.29) is 35.1 Å². The van der Waals surface area contributed by atoms with E-state index in [0.29, 0.717) is 13.1 Å². The molecule has 0 spiro atoms. The number of rotatable bonds is 1. The number of carbonyl (C=O) groups excluding carboxylic acids is 1. The third-order valence-electron chi connectivity index (χ3n) is 3.00. The number of morpholine rings is 1. The lowest BCUT2D eigenvalue weighted by atomic mass is 10.1. The zero-order chi connectivity index (χ0) is 13.3. The number of amides is 1. The van der Waals surface area contributed by atoms with E-state index < -0.39 is 0 Å². The lowest BCUT2D eigenvalue weighted by molar-refractivity contribution is -0.0586. The Labute approximate surface area is 106 Å². The number of para-hydroxylation sites is 1. The summed E-state index contributed by atoms with van der Waals surface area (Å²) in [5.74, 6) is -0.351. The molecule has 1 aromatic rings. The molecule has 0 saturated carbocycles. The Balaban J connectivity index is 2.23. The number of hydrogen-bond donors (Lipinski definition) is 2. The molecule has 1 aliphatic heterocycles. The number of aromatic hydroxyl groups is 1. The molecule has 1 aromatic carbocycles. The maximum absolute atomic E-state index is 12.3. The summed E-state index contributed by atoms with van der Waals surface area (Å²) in [6.07, 6.45) is 0.00167. The number of hydrogen-bond acceptors (Lipinski definition) is 4. The van der Waals surface area contributed by atoms with Crippen molar-refractivity contribution in [1.82, 2.24) is 4.90 Å². The third kappa shape index (κ3) is 2.41. The van der Waals surface area contributed by atoms with Crippen molar-refractivity contribution in [2.75, 3.05) is 18.8 Å². The standard InChI is InChI=1S/C13H18N2O3/c1-8-6-15(7-9(2)18-8)13(17)10-4-3-5-11(14)12(10)16/h3-5,8-9,16H,6-7,14H2,1-2H3. The number of carbonyl (C=O) groups is 1. The molecule has 5 nitrogen and oxygen atoms in total. The normalized spacial score (nSPS) is 24.0. The zero-order valence-electron chi connectivity index (χ0n) is 10.6. The van der Waals surface area contributed by atoms with Gasteiger partial charge in [-0.05, 0) is 26.0 Å². The molecule has 2 rings (SSSR count). The Hall–Kier alpha value is -1.75. The molecule has 18 heavy (non-hydrogen) atoms. The number of benzene rings is 1. The van der Waals surface area contributed by atoms with Gasteiger partial charge in [-0.15, -0.1) is 0 Å². The summed E-state index contributed by atoms with van der Waals surface area (Å²) in [5, 5.41) is 9.83. The fourth-order valence-corrected chi connectivity index (χ4v) is 2.25. The highest BCUT2D eigenvalue weighted by Crippen LogP contribution is 2.26. The molecule has 0 aliphatic carbocycles. The van der Waals surface area contributed by atoms with Gasteiger partial charge < -0.3 is 20.5 Å². The van der Waals surface area contributed by atoms with Crippen LogP contribution in [0.3, 0.4) is 0 Å². The molecule has 1 heterocycles. The van der Waals surface area contributed by atoms with Crippen LogP contribution in [0.5, 0.6) is 5.75 Å². The molecule has 98 valence electrons. The minimum Gasteiger partial charge on any atom is -0.505 e. The molecular formula is C13H18N2O3. The summed E-state index contributed by atoms with van der Waals surface area (Å²) in [6.45, 7) is 4.90. The highest BCUT2D eigenvalue weighted by atomic mass is 16.5. The first kappa shape index (κ1) is 12.7. The highest BCUT2D eigenvalue weighted by molar-refractivity contribution is 5.98. The Morgan fingerprint density at radius 3 is 2.61 bits per heavy atom. The Bertz CT molecular complexity index is 452. The Morgan fingerprint density at radius 2 is 2.00 bits per heavy atom. The molecule has 2 unspecified atom stereocenters. The van der Waals surface area contributed by atoms with E-state index in [9.17, 15) is 9.90 Å². The summed E-state index contributed by atoms with van der Waals surface area (Å²) in [4.78, 5) is 14.0. The van der Waals surface area contributed by atoms with Gasteiger partial charge in [0.05, 0.1) is 23.5 Å². The smallest absolute Gasteiger partial charge is 0.257 e. The van der Waals surface area contributed by atoms with E-state index in [2.05, 4.69) is 0 Å². The van der Waals surface area contributed by atoms with Crippen molar-refractivity contribution in [1.29, 1.82) is 0 Å². The van der Waals surface area contributed by atoms with Gasteiger partial charge in [0.1, 0.15) is 0 Å². The van der Waals surface area contributed by atoms with Crippen LogP contribution in [0.2, 0.25) is 0 Å². The number of nitrogens with two attached hydrogens (primary N) is 1. The van der Waals surface area contributed by atoms with Crippen molar-refractivity contribution in [2.45, 2.75) is 26.1 Å². The van der Waals surface area contributed by atoms with Crippen molar-refractivity contribution in [3.63, 3.8) is 0 Å². The average molecular weight is 250 g/mol. The van der Waals surface area contributed by atoms with Crippen molar-refractivity contribution < 1.29 is 14.6 Å². The molecule has 1 fully saturated rings. The summed E-state index contributed by atoms with van der Waals surface area (Å²) in [7, 11) is 0. The first-order valence-corrected chi connectivity index (χ1v) is 6.01. The van der Waals surface area contributed by atoms with Crippen LogP contribution in [0.15, 0.2) is 18.2 Å². The van der Waals surface area contributed by atoms with Crippen LogP contribution < -0.4 is 5.73 Å². The van der Waals surface area contributed by atoms with Crippen LogP contribution in [0.25, 0.3) is 0 Å². The van der Waals surface area contributed by atoms with Crippen LogP contribution in [0.1, 0.15) is 24.2 Å². The molecule has 0 aromatic heterocycles. The number of phenolic OH excluding ortho intramolecular Hbond substituents is 1. The second-order valence-electron chi connectivity index (χ2n) is 4.71. The molecule has 0 bridgehead atoms. The summed E-state index contributed by atoms with van der Waals surface area (Å²) in [6, 6.07) is 4.81. The number of nitrogen functional groups attached to an aromatic ring is 1. The van der Waals surface area contributed by atoms with Gasteiger partial charge in [0.15, 0.2) is 5.75 Å². The second-order valence-corrected chi connectivity index (χ2v) is 4.71. The third-order valence-corrected chi connectivity index (χ3v) is 3.00. The zero-order valence-corrected chi connectivity index (χ0v) is 10.6. The quantitative estimate of drug-likeness (QED) is 0.580. The first-order chi connectivity index (χ1) is 8.49. The van der Waals surface area contributed by atoms with Crippen LogP contribution in [0, 0.1) is 0 Å². The minimum absolute atomic E-state index is 0.000835. The van der Waals surface area contributed by atoms with Crippen LogP contribution in [-0.2, 0) is 4.74 Å². The molecule has 5 heteroatoms. The van der Waals surface area contributed by atoms with Gasteiger partial charge in [-0.25, -0.2) is 0 Å². The predicted octanol–water partition coefficient (Wildman–Crippen LogP) is 1.22. The van der Waals surface area contributed by atoms with Crippen LogP contribution >= 0.6 is 0 Å². The Kier molecular flexibility index (Phi) is 3.43. The first-order valence-electron chi connectivity index (χ1n) is 6.01. The fraction of sp³-hybridized carbons (Fsp3) is 0.462. The lowest BCUT2D eigenvalue weighted by Gasteiger charge is -2.35. The maximum atomic E-state index is 12.3. The minimum atomic E-state index is -0.207. The topological polar surface area (TPSA) is 75.8 Å². The van der Waals surface area contributed by atoms with Crippen LogP contribution in [-0.4, -0.2) is 41.2 Å². The fourth-order valence-electron chi connectivity index (χ4n) is 2.25. The molecule has 1 aliphatic rings. The summed E-state index contributed by atoms with van der Waals surface area (Å²) in [5.41, 5.74) is 6.06. The number of anilines is 1. The van der Waals surface area contributed by atoms with Gasteiger partial charge in [-0.3, -0.25) is 4.79 Å². The molecule has 1 saturated heterocycles. The summed E-state index contributed by atoms with van der Waals surface area (Å²) >= 11 is 0. The van der Waals surface area contributed by atoms with Crippen molar-refractivity contribution in [3.05, 3.63) is 23.8 Å². The maximum Gasteiger partial charge on any atom is 0.257 e. The number of nitrogens with zero attached hydrogens (tertiary/aromatic N) is 1. The number of phenols is 1. The van der Waals surface area contributed by atoms with Crippen molar-refractivity contribution in [3.8, 4) is 5.75 Å². The molecule has 2 atom stereocenters. The predicted molar refractivity (Wildman–Crippen MR) is 68.4 cm³/mol. The van der Waals surface area contributed by atoms with Crippen LogP contribution in [0.4, 0.5) is 5.69 Å². The van der Waals surface area contributed by atoms with Gasteiger partial charge in [0, 0.05) is 13.1 Å². The average Bonchev–Trinajstić information content (AvgIpc) is 2.30. The number of ether oxygens (including phenoxy) is 1. The van der Waals surface area contributed by atoms with Gasteiger partial charge in [0.2, 0.25) is 0 Å². The molecule has 1 amide bonds. The monoisotopic (exact) mass is 250 g/mol. The largest absolute Gasteiger partial charge is 0.505 e. The Morgan fingerprint density at radius 1 is 1.39 bits per heavy atom. The van der Waals surface area contributed by atoms with Gasteiger partial charge in [-0.1, -0.05) is 6.07 Å². The van der Waals surface area contributed by atoms with Crippen molar-refractivity contribution >= 4 is 11.6 Å². The van der Waals surface area contributed by atoms with E-state index in [0.717, 1.165) is 0 Å². The van der Waals surface area contributed by atoms with Gasteiger partial charge >= 0.3 is 0 Å². The van der Waals surface area contributed by atoms with E-state index in [1.165, 1.54) is 0 Å². The molecule has 3 N–H and O–H groups in total. The lowest BCUT2D eigenvalue weighted by Crippen LogP contribution is -2.48. The second kappa shape index (κ2) is 4.86. The van der Waals surface area contributed by atoms with E-state index in [1.54, 1.807) is 23.1 Å². The molecule has 0 radical (unpaired) electrons. The van der Waals surface area contributed by atoms with Gasteiger partial charge in [-0.2, -0.15) is 0 Å². The van der Waals surface area contributed by atoms with E-state index in [1.807, 2.05) is 13.8 Å². The van der Waals surface area contributed by atoms with E-state index >= 15 is 0 Å². The van der Waals surface area contributed by atoms with E-state index in [4.69, 9.17) is 10.5 Å². The highest BCUT2D eigenvalue weighted by Gasteiger charge is 2.28. The summed E-state index contributed by atoms with van der Waals surface area (Å²) < 4.78 is 5.58. The SMILES string of the molecule is CC1CN(C(=O)c2cccc(N)c2O)CC(C)O1. The molecular weight excluding hydrogens is 232 g/mol.